The predicted molar refractivity (Wildman–Crippen MR) is 129 cm³/mol. The number of halogens is 1. The van der Waals surface area contributed by atoms with E-state index in [0.29, 0.717) is 57.3 Å². The summed E-state index contributed by atoms with van der Waals surface area (Å²) in [5.74, 6) is -1.33. The maximum absolute atomic E-state index is 15.7. The molecule has 35 heavy (non-hydrogen) atoms. The van der Waals surface area contributed by atoms with Crippen LogP contribution in [-0.4, -0.2) is 33.5 Å². The second-order valence-electron chi connectivity index (χ2n) is 8.75. The number of carbonyl (C=O) groups is 1. The number of carbonyl (C=O) groups excluding carboxylic acids is 1. The van der Waals surface area contributed by atoms with Gasteiger partial charge in [0.05, 0.1) is 41.4 Å². The first kappa shape index (κ1) is 23.9. The molecule has 4 rings (SSSR count). The lowest BCUT2D eigenvalue weighted by atomic mass is 9.79. The fourth-order valence-corrected chi connectivity index (χ4v) is 4.75. The zero-order valence-electron chi connectivity index (χ0n) is 20.6. The number of rotatable bonds is 3. The second kappa shape index (κ2) is 8.84. The first-order chi connectivity index (χ1) is 16.6. The van der Waals surface area contributed by atoms with Gasteiger partial charge in [0.15, 0.2) is 0 Å². The van der Waals surface area contributed by atoms with Crippen molar-refractivity contribution in [1.82, 2.24) is 20.0 Å². The third kappa shape index (κ3) is 3.70. The molecule has 178 valence electrons. The van der Waals surface area contributed by atoms with Crippen LogP contribution in [0.1, 0.15) is 65.1 Å². The van der Waals surface area contributed by atoms with E-state index in [1.807, 2.05) is 13.8 Å². The topological polar surface area (TPSA) is 110 Å². The quantitative estimate of drug-likeness (QED) is 0.728. The van der Waals surface area contributed by atoms with Gasteiger partial charge < -0.3 is 10.2 Å². The number of nitrogens with zero attached hydrogens (tertiary/aromatic N) is 6. The van der Waals surface area contributed by atoms with Crippen molar-refractivity contribution >= 4 is 11.7 Å². The molecular formula is C26H26FN7O. The molecule has 0 saturated heterocycles. The number of aryl methyl sites for hydroxylation is 2. The normalized spacial score (nSPS) is 15.7. The fraction of sp³-hybridized carbons (Fsp3) is 0.346. The summed E-state index contributed by atoms with van der Waals surface area (Å²) in [6.45, 7) is 9.71. The Kier molecular flexibility index (Phi) is 6.04. The molecule has 1 aromatic heterocycles. The Morgan fingerprint density at radius 1 is 1.17 bits per heavy atom. The summed E-state index contributed by atoms with van der Waals surface area (Å²) in [7, 11) is 1.78. The van der Waals surface area contributed by atoms with Crippen LogP contribution in [0.4, 0.5) is 4.39 Å². The molecule has 0 aliphatic carbocycles. The second-order valence-corrected chi connectivity index (χ2v) is 8.75. The summed E-state index contributed by atoms with van der Waals surface area (Å²) in [4.78, 5) is 19.3. The van der Waals surface area contributed by atoms with Crippen LogP contribution in [0.2, 0.25) is 0 Å². The predicted octanol–water partition coefficient (Wildman–Crippen LogP) is 3.97. The number of fused-ring (bicyclic) bond motifs is 1. The van der Waals surface area contributed by atoms with Crippen LogP contribution < -0.4 is 5.32 Å². The summed E-state index contributed by atoms with van der Waals surface area (Å²) >= 11 is 0. The number of aliphatic imine (C=N–C) groups is 1. The first-order valence-electron chi connectivity index (χ1n) is 11.3. The van der Waals surface area contributed by atoms with Gasteiger partial charge in [-0.05, 0) is 57.9 Å². The molecule has 1 N–H and O–H groups in total. The third-order valence-electron chi connectivity index (χ3n) is 6.89. The number of aromatic nitrogens is 2. The molecular weight excluding hydrogens is 445 g/mol. The molecule has 1 amide bonds. The SMILES string of the molecule is CCn1nc(C)cc1C(=O)NC1=NCc2c1cc(C1C(C#N)=C(C)N(C)C(C)=C1C#N)c(F)c2C. The zero-order chi connectivity index (χ0) is 25.6. The molecule has 0 fully saturated rings. The van der Waals surface area contributed by atoms with E-state index in [2.05, 4.69) is 27.5 Å². The van der Waals surface area contributed by atoms with E-state index < -0.39 is 11.7 Å². The van der Waals surface area contributed by atoms with Gasteiger partial charge in [-0.25, -0.2) is 4.39 Å². The molecule has 0 atom stereocenters. The number of nitrogens with one attached hydrogen (secondary N) is 1. The van der Waals surface area contributed by atoms with E-state index in [1.54, 1.807) is 49.5 Å². The zero-order valence-corrected chi connectivity index (χ0v) is 20.6. The lowest BCUT2D eigenvalue weighted by Gasteiger charge is -2.33. The largest absolute Gasteiger partial charge is 0.350 e. The van der Waals surface area contributed by atoms with Gasteiger partial charge in [0.2, 0.25) is 0 Å². The fourth-order valence-electron chi connectivity index (χ4n) is 4.75. The monoisotopic (exact) mass is 471 g/mol. The molecule has 2 aromatic rings. The van der Waals surface area contributed by atoms with Crippen molar-refractivity contribution in [2.45, 2.75) is 53.6 Å². The lowest BCUT2D eigenvalue weighted by molar-refractivity contribution is 0.0966. The van der Waals surface area contributed by atoms with Crippen LogP contribution in [-0.2, 0) is 13.1 Å². The maximum atomic E-state index is 15.7. The number of allylic oxidation sites excluding steroid dienone is 4. The molecule has 1 aromatic carbocycles. The van der Waals surface area contributed by atoms with Crippen molar-refractivity contribution in [2.24, 2.45) is 4.99 Å². The number of amidine groups is 1. The molecule has 0 radical (unpaired) electrons. The van der Waals surface area contributed by atoms with Crippen molar-refractivity contribution in [3.05, 3.63) is 74.1 Å². The Bertz CT molecular complexity index is 1410. The van der Waals surface area contributed by atoms with Crippen LogP contribution >= 0.6 is 0 Å². The Balaban J connectivity index is 1.81. The van der Waals surface area contributed by atoms with Gasteiger partial charge in [0, 0.05) is 36.1 Å². The molecule has 2 aliphatic rings. The van der Waals surface area contributed by atoms with Crippen LogP contribution in [0.3, 0.4) is 0 Å². The third-order valence-corrected chi connectivity index (χ3v) is 6.89. The molecule has 0 unspecified atom stereocenters. The van der Waals surface area contributed by atoms with Gasteiger partial charge >= 0.3 is 0 Å². The molecule has 3 heterocycles. The Morgan fingerprint density at radius 3 is 2.37 bits per heavy atom. The van der Waals surface area contributed by atoms with Gasteiger partial charge in [-0.2, -0.15) is 15.6 Å². The smallest absolute Gasteiger partial charge is 0.275 e. The lowest BCUT2D eigenvalue weighted by Crippen LogP contribution is -2.32. The van der Waals surface area contributed by atoms with Gasteiger partial charge in [-0.1, -0.05) is 0 Å². The molecule has 0 spiro atoms. The number of nitriles is 2. The van der Waals surface area contributed by atoms with E-state index in [-0.39, 0.29) is 18.0 Å². The molecule has 0 bridgehead atoms. The van der Waals surface area contributed by atoms with E-state index in [0.717, 1.165) is 5.69 Å². The highest BCUT2D eigenvalue weighted by molar-refractivity contribution is 6.14. The molecule has 9 heteroatoms. The summed E-state index contributed by atoms with van der Waals surface area (Å²) in [5.41, 5.74) is 4.98. The average molecular weight is 472 g/mol. The molecule has 2 aliphatic heterocycles. The number of amides is 1. The highest BCUT2D eigenvalue weighted by atomic mass is 19.1. The number of benzene rings is 1. The van der Waals surface area contributed by atoms with Crippen LogP contribution in [0, 0.1) is 42.3 Å². The summed E-state index contributed by atoms with van der Waals surface area (Å²) in [6, 6.07) is 7.70. The van der Waals surface area contributed by atoms with E-state index in [4.69, 9.17) is 0 Å². The van der Waals surface area contributed by atoms with E-state index in [1.165, 1.54) is 0 Å². The summed E-state index contributed by atoms with van der Waals surface area (Å²) in [6.07, 6.45) is 0. The number of hydrogen-bond acceptors (Lipinski definition) is 6. The Labute approximate surface area is 203 Å². The minimum atomic E-state index is -0.841. The van der Waals surface area contributed by atoms with E-state index in [9.17, 15) is 15.3 Å². The van der Waals surface area contributed by atoms with Crippen molar-refractivity contribution < 1.29 is 9.18 Å². The van der Waals surface area contributed by atoms with Crippen molar-refractivity contribution in [2.75, 3.05) is 7.05 Å². The first-order valence-corrected chi connectivity index (χ1v) is 11.3. The minimum absolute atomic E-state index is 0.222. The Hall–Kier alpha value is -4.24. The Morgan fingerprint density at radius 2 is 1.80 bits per heavy atom. The highest BCUT2D eigenvalue weighted by Gasteiger charge is 2.36. The van der Waals surface area contributed by atoms with Crippen LogP contribution in [0.25, 0.3) is 0 Å². The maximum Gasteiger partial charge on any atom is 0.275 e. The minimum Gasteiger partial charge on any atom is -0.350 e. The molecule has 8 nitrogen and oxygen atoms in total. The molecule has 0 saturated carbocycles. The average Bonchev–Trinajstić information content (AvgIpc) is 3.42. The van der Waals surface area contributed by atoms with Crippen molar-refractivity contribution in [3.8, 4) is 12.1 Å². The number of hydrogen-bond donors (Lipinski definition) is 1. The standard InChI is InChI=1S/C26H26FN7O/c1-7-34-22(8-13(2)32-34)26(35)31-25-17-9-18(24(27)14(3)21(17)12-30-25)23-19(10-28)15(4)33(6)16(5)20(23)11-29/h8-9,23H,7,12H2,1-6H3,(H,30,31,35). The highest BCUT2D eigenvalue weighted by Crippen LogP contribution is 2.43. The van der Waals surface area contributed by atoms with Gasteiger partial charge in [0.25, 0.3) is 5.91 Å². The van der Waals surface area contributed by atoms with Gasteiger partial charge in [-0.3, -0.25) is 14.5 Å². The van der Waals surface area contributed by atoms with Gasteiger partial charge in [0.1, 0.15) is 17.3 Å². The van der Waals surface area contributed by atoms with Crippen molar-refractivity contribution in [1.29, 1.82) is 10.5 Å². The van der Waals surface area contributed by atoms with Gasteiger partial charge in [-0.15, -0.1) is 0 Å². The van der Waals surface area contributed by atoms with Crippen LogP contribution in [0.5, 0.6) is 0 Å². The summed E-state index contributed by atoms with van der Waals surface area (Å²) in [5, 5.41) is 27.0. The van der Waals surface area contributed by atoms with Crippen LogP contribution in [0.15, 0.2) is 39.7 Å². The van der Waals surface area contributed by atoms with Crippen molar-refractivity contribution in [3.63, 3.8) is 0 Å². The van der Waals surface area contributed by atoms with E-state index >= 15 is 4.39 Å². The summed E-state index contributed by atoms with van der Waals surface area (Å²) < 4.78 is 17.4.